The molecule has 0 bridgehead atoms. The van der Waals surface area contributed by atoms with Gasteiger partial charge in [-0.1, -0.05) is 13.8 Å². The highest BCUT2D eigenvalue weighted by molar-refractivity contribution is 9.10. The topological polar surface area (TPSA) is 46.3 Å². The van der Waals surface area contributed by atoms with E-state index < -0.39 is 0 Å². The molecule has 104 valence electrons. The van der Waals surface area contributed by atoms with E-state index in [0.717, 1.165) is 11.0 Å². The smallest absolute Gasteiger partial charge is 0.254 e. The van der Waals surface area contributed by atoms with Crippen LogP contribution in [-0.2, 0) is 0 Å². The highest BCUT2D eigenvalue weighted by atomic mass is 79.9. The summed E-state index contributed by atoms with van der Waals surface area (Å²) in [6, 6.07) is 5.71. The average molecular weight is 325 g/mol. The molecule has 0 spiro atoms. The Morgan fingerprint density at radius 3 is 2.68 bits per heavy atom. The third-order valence-corrected chi connectivity index (χ3v) is 4.82. The Morgan fingerprint density at radius 2 is 2.05 bits per heavy atom. The van der Waals surface area contributed by atoms with E-state index in [1.54, 1.807) is 6.07 Å². The van der Waals surface area contributed by atoms with Crippen molar-refractivity contribution in [3.05, 3.63) is 28.2 Å². The van der Waals surface area contributed by atoms with Crippen LogP contribution in [0.5, 0.6) is 0 Å². The molecule has 1 saturated heterocycles. The number of hydrogen-bond donors (Lipinski definition) is 1. The van der Waals surface area contributed by atoms with Gasteiger partial charge in [0, 0.05) is 28.3 Å². The number of carbonyl (C=O) groups excluding carboxylic acids is 1. The van der Waals surface area contributed by atoms with E-state index in [1.807, 2.05) is 17.0 Å². The maximum absolute atomic E-state index is 12.6. The number of likely N-dealkylation sites (tertiary alicyclic amines) is 1. The van der Waals surface area contributed by atoms with Gasteiger partial charge in [0.15, 0.2) is 0 Å². The minimum atomic E-state index is 0.0881. The quantitative estimate of drug-likeness (QED) is 0.803. The van der Waals surface area contributed by atoms with Crippen molar-refractivity contribution in [1.82, 2.24) is 4.90 Å². The summed E-state index contributed by atoms with van der Waals surface area (Å²) in [4.78, 5) is 14.6. The molecule has 1 aliphatic heterocycles. The van der Waals surface area contributed by atoms with Gasteiger partial charge in [-0.05, 0) is 59.3 Å². The standard InChI is InChI=1S/C15H21BrN2O/c1-9-6-10(2)11(3)18(8-9)15(19)12-4-5-13(16)14(17)7-12/h4-5,7,9-11H,6,8,17H2,1-3H3. The summed E-state index contributed by atoms with van der Waals surface area (Å²) in [5, 5.41) is 0. The van der Waals surface area contributed by atoms with Crippen molar-refractivity contribution in [3.8, 4) is 0 Å². The number of benzene rings is 1. The molecule has 0 saturated carbocycles. The molecular weight excluding hydrogens is 304 g/mol. The summed E-state index contributed by atoms with van der Waals surface area (Å²) in [6.07, 6.45) is 1.19. The summed E-state index contributed by atoms with van der Waals surface area (Å²) < 4.78 is 0.831. The third kappa shape index (κ3) is 2.94. The van der Waals surface area contributed by atoms with Crippen molar-refractivity contribution in [2.24, 2.45) is 11.8 Å². The zero-order chi connectivity index (χ0) is 14.2. The molecule has 3 atom stereocenters. The zero-order valence-electron chi connectivity index (χ0n) is 11.7. The first kappa shape index (κ1) is 14.4. The number of nitrogens with two attached hydrogens (primary N) is 1. The molecule has 2 N–H and O–H groups in total. The van der Waals surface area contributed by atoms with Crippen LogP contribution >= 0.6 is 15.9 Å². The number of halogens is 1. The van der Waals surface area contributed by atoms with Crippen LogP contribution in [0.25, 0.3) is 0 Å². The molecule has 0 aromatic heterocycles. The van der Waals surface area contributed by atoms with Crippen molar-refractivity contribution < 1.29 is 4.79 Å². The van der Waals surface area contributed by atoms with Crippen molar-refractivity contribution in [3.63, 3.8) is 0 Å². The van der Waals surface area contributed by atoms with Crippen LogP contribution in [0.3, 0.4) is 0 Å². The highest BCUT2D eigenvalue weighted by Crippen LogP contribution is 2.29. The maximum atomic E-state index is 12.6. The van der Waals surface area contributed by atoms with Crippen LogP contribution < -0.4 is 5.73 Å². The van der Waals surface area contributed by atoms with E-state index >= 15 is 0 Å². The molecule has 4 heteroatoms. The van der Waals surface area contributed by atoms with Crippen LogP contribution in [0.4, 0.5) is 5.69 Å². The minimum Gasteiger partial charge on any atom is -0.398 e. The number of rotatable bonds is 1. The van der Waals surface area contributed by atoms with Crippen LogP contribution in [-0.4, -0.2) is 23.4 Å². The van der Waals surface area contributed by atoms with Gasteiger partial charge in [0.25, 0.3) is 5.91 Å². The van der Waals surface area contributed by atoms with E-state index in [1.165, 1.54) is 6.42 Å². The number of piperidine rings is 1. The van der Waals surface area contributed by atoms with E-state index in [0.29, 0.717) is 23.1 Å². The van der Waals surface area contributed by atoms with Crippen molar-refractivity contribution >= 4 is 27.5 Å². The van der Waals surface area contributed by atoms with E-state index in [-0.39, 0.29) is 11.9 Å². The van der Waals surface area contributed by atoms with E-state index in [2.05, 4.69) is 36.7 Å². The number of amides is 1. The summed E-state index contributed by atoms with van der Waals surface area (Å²) in [7, 11) is 0. The molecular formula is C15H21BrN2O. The van der Waals surface area contributed by atoms with Gasteiger partial charge in [0.2, 0.25) is 0 Å². The summed E-state index contributed by atoms with van der Waals surface area (Å²) in [5.74, 6) is 1.19. The highest BCUT2D eigenvalue weighted by Gasteiger charge is 2.32. The Bertz CT molecular complexity index is 489. The fourth-order valence-electron chi connectivity index (χ4n) is 2.83. The fourth-order valence-corrected chi connectivity index (χ4v) is 3.07. The van der Waals surface area contributed by atoms with Gasteiger partial charge in [-0.15, -0.1) is 0 Å². The Morgan fingerprint density at radius 1 is 1.37 bits per heavy atom. The third-order valence-electron chi connectivity index (χ3n) is 4.10. The molecule has 1 aromatic carbocycles. The lowest BCUT2D eigenvalue weighted by molar-refractivity contribution is 0.0456. The zero-order valence-corrected chi connectivity index (χ0v) is 13.3. The lowest BCUT2D eigenvalue weighted by atomic mass is 9.85. The second-order valence-electron chi connectivity index (χ2n) is 5.75. The molecule has 1 fully saturated rings. The second kappa shape index (κ2) is 5.53. The van der Waals surface area contributed by atoms with Crippen LogP contribution in [0.15, 0.2) is 22.7 Å². The van der Waals surface area contributed by atoms with Crippen LogP contribution in [0.2, 0.25) is 0 Å². The Labute approximate surface area is 123 Å². The van der Waals surface area contributed by atoms with Gasteiger partial charge in [0.1, 0.15) is 0 Å². The SMILES string of the molecule is CC1CC(C)C(C)N(C(=O)c2ccc(Br)c(N)c2)C1. The van der Waals surface area contributed by atoms with Gasteiger partial charge in [-0.25, -0.2) is 0 Å². The van der Waals surface area contributed by atoms with E-state index in [9.17, 15) is 4.79 Å². The van der Waals surface area contributed by atoms with Crippen LogP contribution in [0, 0.1) is 11.8 Å². The average Bonchev–Trinajstić information content (AvgIpc) is 2.36. The number of nitrogen functional groups attached to an aromatic ring is 1. The van der Waals surface area contributed by atoms with Gasteiger partial charge < -0.3 is 10.6 Å². The molecule has 0 radical (unpaired) electrons. The monoisotopic (exact) mass is 324 g/mol. The predicted octanol–water partition coefficient (Wildman–Crippen LogP) is 3.54. The lowest BCUT2D eigenvalue weighted by Gasteiger charge is -2.41. The molecule has 1 aliphatic rings. The Kier molecular flexibility index (Phi) is 4.19. The normalized spacial score (nSPS) is 27.4. The first-order valence-corrected chi connectivity index (χ1v) is 7.55. The van der Waals surface area contributed by atoms with E-state index in [4.69, 9.17) is 5.73 Å². The predicted molar refractivity (Wildman–Crippen MR) is 82.0 cm³/mol. The maximum Gasteiger partial charge on any atom is 0.254 e. The molecule has 2 rings (SSSR count). The molecule has 1 amide bonds. The summed E-state index contributed by atoms with van der Waals surface area (Å²) in [5.41, 5.74) is 7.14. The molecule has 0 aliphatic carbocycles. The molecule has 1 aromatic rings. The van der Waals surface area contributed by atoms with Gasteiger partial charge in [0.05, 0.1) is 0 Å². The van der Waals surface area contributed by atoms with Gasteiger partial charge in [-0.3, -0.25) is 4.79 Å². The van der Waals surface area contributed by atoms with Crippen LogP contribution in [0.1, 0.15) is 37.6 Å². The Balaban J connectivity index is 2.24. The number of nitrogens with zero attached hydrogens (tertiary/aromatic N) is 1. The largest absolute Gasteiger partial charge is 0.398 e. The lowest BCUT2D eigenvalue weighted by Crippen LogP contribution is -2.48. The minimum absolute atomic E-state index is 0.0881. The number of anilines is 1. The first-order chi connectivity index (χ1) is 8.90. The van der Waals surface area contributed by atoms with Crippen molar-refractivity contribution in [2.75, 3.05) is 12.3 Å². The van der Waals surface area contributed by atoms with Gasteiger partial charge in [-0.2, -0.15) is 0 Å². The number of hydrogen-bond acceptors (Lipinski definition) is 2. The second-order valence-corrected chi connectivity index (χ2v) is 6.61. The number of carbonyl (C=O) groups is 1. The molecule has 19 heavy (non-hydrogen) atoms. The molecule has 3 unspecified atom stereocenters. The van der Waals surface area contributed by atoms with Crippen molar-refractivity contribution in [2.45, 2.75) is 33.2 Å². The first-order valence-electron chi connectivity index (χ1n) is 6.76. The molecule has 3 nitrogen and oxygen atoms in total. The molecule has 1 heterocycles. The van der Waals surface area contributed by atoms with Crippen molar-refractivity contribution in [1.29, 1.82) is 0 Å². The fraction of sp³-hybridized carbons (Fsp3) is 0.533. The van der Waals surface area contributed by atoms with Gasteiger partial charge >= 0.3 is 0 Å². The Hall–Kier alpha value is -1.03. The summed E-state index contributed by atoms with van der Waals surface area (Å²) in [6.45, 7) is 7.39. The summed E-state index contributed by atoms with van der Waals surface area (Å²) >= 11 is 3.36.